The summed E-state index contributed by atoms with van der Waals surface area (Å²) >= 11 is 6.16. The summed E-state index contributed by atoms with van der Waals surface area (Å²) < 4.78 is 39.0. The highest BCUT2D eigenvalue weighted by Gasteiger charge is 2.28. The van der Waals surface area contributed by atoms with E-state index in [4.69, 9.17) is 21.1 Å². The summed E-state index contributed by atoms with van der Waals surface area (Å²) in [4.78, 5) is 13.3. The van der Waals surface area contributed by atoms with Gasteiger partial charge in [-0.3, -0.25) is 9.10 Å². The first-order valence-corrected chi connectivity index (χ1v) is 13.7. The van der Waals surface area contributed by atoms with Crippen molar-refractivity contribution in [3.63, 3.8) is 0 Å². The van der Waals surface area contributed by atoms with E-state index in [0.717, 1.165) is 26.7 Å². The molecule has 198 valence electrons. The largest absolute Gasteiger partial charge is 0.497 e. The van der Waals surface area contributed by atoms with Gasteiger partial charge in [-0.15, -0.1) is 0 Å². The van der Waals surface area contributed by atoms with Gasteiger partial charge in [-0.05, 0) is 91.1 Å². The van der Waals surface area contributed by atoms with Gasteiger partial charge in [0, 0.05) is 5.02 Å². The van der Waals surface area contributed by atoms with E-state index in [1.165, 1.54) is 25.3 Å². The molecule has 0 aliphatic rings. The second-order valence-corrected chi connectivity index (χ2v) is 11.4. The van der Waals surface area contributed by atoms with Gasteiger partial charge >= 0.3 is 0 Å². The van der Waals surface area contributed by atoms with Crippen LogP contribution in [0.3, 0.4) is 0 Å². The molecule has 3 rings (SSSR count). The molecule has 7 nitrogen and oxygen atoms in total. The maximum absolute atomic E-state index is 13.6. The van der Waals surface area contributed by atoms with Crippen LogP contribution in [-0.4, -0.2) is 35.1 Å². The number of benzene rings is 3. The molecule has 0 aliphatic heterocycles. The quantitative estimate of drug-likeness (QED) is 0.345. The van der Waals surface area contributed by atoms with Crippen molar-refractivity contribution >= 4 is 33.2 Å². The Labute approximate surface area is 224 Å². The van der Waals surface area contributed by atoms with E-state index in [9.17, 15) is 13.2 Å². The topological polar surface area (TPSA) is 84.9 Å². The number of hydrogen-bond donors (Lipinski definition) is 1. The first kappa shape index (κ1) is 28.3. The van der Waals surface area contributed by atoms with Crippen LogP contribution in [0.4, 0.5) is 5.69 Å². The number of halogens is 1. The molecule has 9 heteroatoms. The van der Waals surface area contributed by atoms with Gasteiger partial charge in [0.25, 0.3) is 10.0 Å². The van der Waals surface area contributed by atoms with E-state index >= 15 is 0 Å². The number of amides is 1. The van der Waals surface area contributed by atoms with Gasteiger partial charge in [-0.25, -0.2) is 8.42 Å². The second kappa shape index (κ2) is 11.9. The summed E-state index contributed by atoms with van der Waals surface area (Å²) in [6.45, 7) is 7.56. The Morgan fingerprint density at radius 2 is 1.65 bits per heavy atom. The highest BCUT2D eigenvalue weighted by molar-refractivity contribution is 7.92. The van der Waals surface area contributed by atoms with E-state index < -0.39 is 22.5 Å². The van der Waals surface area contributed by atoms with Crippen LogP contribution in [0, 0.1) is 6.92 Å². The number of anilines is 1. The number of carbonyl (C=O) groups is 1. The molecule has 0 spiro atoms. The molecule has 3 aromatic carbocycles. The van der Waals surface area contributed by atoms with E-state index in [1.807, 2.05) is 26.0 Å². The number of hydrogen-bond acceptors (Lipinski definition) is 5. The molecule has 0 saturated carbocycles. The lowest BCUT2D eigenvalue weighted by molar-refractivity contribution is -0.120. The van der Waals surface area contributed by atoms with Crippen molar-refractivity contribution in [2.24, 2.45) is 0 Å². The number of nitrogens with zero attached hydrogens (tertiary/aromatic N) is 1. The Morgan fingerprint density at radius 1 is 0.973 bits per heavy atom. The number of rotatable bonds is 10. The molecule has 0 fully saturated rings. The van der Waals surface area contributed by atoms with Crippen molar-refractivity contribution in [3.8, 4) is 11.5 Å². The van der Waals surface area contributed by atoms with Crippen LogP contribution in [0.15, 0.2) is 65.6 Å². The first-order chi connectivity index (χ1) is 17.5. The monoisotopic (exact) mass is 544 g/mol. The van der Waals surface area contributed by atoms with Gasteiger partial charge in [-0.1, -0.05) is 31.5 Å². The minimum Gasteiger partial charge on any atom is -0.497 e. The predicted octanol–water partition coefficient (Wildman–Crippen LogP) is 5.86. The maximum atomic E-state index is 13.6. The molecule has 0 aromatic heterocycles. The van der Waals surface area contributed by atoms with Crippen LogP contribution in [0.1, 0.15) is 49.4 Å². The highest BCUT2D eigenvalue weighted by Crippen LogP contribution is 2.32. The van der Waals surface area contributed by atoms with Crippen molar-refractivity contribution in [1.29, 1.82) is 0 Å². The fourth-order valence-corrected chi connectivity index (χ4v) is 5.72. The Bertz CT molecular complexity index is 1360. The molecule has 0 radical (unpaired) electrons. The van der Waals surface area contributed by atoms with Crippen molar-refractivity contribution in [1.82, 2.24) is 5.32 Å². The lowest BCUT2D eigenvalue weighted by Crippen LogP contribution is -2.41. The third-order valence-corrected chi connectivity index (χ3v) is 8.14. The van der Waals surface area contributed by atoms with Gasteiger partial charge in [0.05, 0.1) is 30.8 Å². The zero-order valence-electron chi connectivity index (χ0n) is 21.9. The van der Waals surface area contributed by atoms with E-state index in [-0.39, 0.29) is 22.5 Å². The fourth-order valence-electron chi connectivity index (χ4n) is 4.13. The number of sulfonamides is 1. The Kier molecular flexibility index (Phi) is 9.10. The minimum atomic E-state index is -4.08. The molecule has 0 saturated heterocycles. The lowest BCUT2D eigenvalue weighted by Gasteiger charge is -2.26. The third-order valence-electron chi connectivity index (χ3n) is 6.12. The van der Waals surface area contributed by atoms with Crippen LogP contribution in [-0.2, 0) is 14.8 Å². The smallest absolute Gasteiger partial charge is 0.264 e. The van der Waals surface area contributed by atoms with Gasteiger partial charge in [-0.2, -0.15) is 0 Å². The molecule has 1 N–H and O–H groups in total. The summed E-state index contributed by atoms with van der Waals surface area (Å²) in [6.07, 6.45) is 0. The van der Waals surface area contributed by atoms with Crippen molar-refractivity contribution < 1.29 is 22.7 Å². The lowest BCUT2D eigenvalue weighted by atomic mass is 9.93. The normalized spacial score (nSPS) is 12.2. The van der Waals surface area contributed by atoms with Gasteiger partial charge in [0.2, 0.25) is 5.91 Å². The minimum absolute atomic E-state index is 0.0294. The maximum Gasteiger partial charge on any atom is 0.264 e. The number of nitrogens with one attached hydrogen (secondary N) is 1. The molecule has 1 unspecified atom stereocenters. The van der Waals surface area contributed by atoms with Gasteiger partial charge in [0.1, 0.15) is 18.0 Å². The summed E-state index contributed by atoms with van der Waals surface area (Å²) in [6, 6.07) is 16.0. The Morgan fingerprint density at radius 3 is 2.22 bits per heavy atom. The summed E-state index contributed by atoms with van der Waals surface area (Å²) in [7, 11) is -0.945. The molecule has 37 heavy (non-hydrogen) atoms. The van der Waals surface area contributed by atoms with E-state index in [0.29, 0.717) is 10.8 Å². The SMILES string of the molecule is COc1ccc(S(=O)(=O)N(CC(=O)NC(C)c2cc(C(C)C)c(OC)cc2C)c2cccc(Cl)c2)cc1. The van der Waals surface area contributed by atoms with Crippen molar-refractivity contribution in [2.45, 2.75) is 44.6 Å². The predicted molar refractivity (Wildman–Crippen MR) is 147 cm³/mol. The number of methoxy groups -OCH3 is 2. The zero-order valence-corrected chi connectivity index (χ0v) is 23.5. The molecule has 0 heterocycles. The zero-order chi connectivity index (χ0) is 27.3. The van der Waals surface area contributed by atoms with Crippen molar-refractivity contribution in [3.05, 3.63) is 82.4 Å². The molecule has 3 aromatic rings. The van der Waals surface area contributed by atoms with Gasteiger partial charge in [0.15, 0.2) is 0 Å². The van der Waals surface area contributed by atoms with Crippen LogP contribution in [0.5, 0.6) is 11.5 Å². The molecule has 1 atom stereocenters. The summed E-state index contributed by atoms with van der Waals surface area (Å²) in [5.41, 5.74) is 3.22. The highest BCUT2D eigenvalue weighted by atomic mass is 35.5. The fraction of sp³-hybridized carbons (Fsp3) is 0.321. The number of ether oxygens (including phenoxy) is 2. The summed E-state index contributed by atoms with van der Waals surface area (Å²) in [5.74, 6) is 1.10. The van der Waals surface area contributed by atoms with Gasteiger partial charge < -0.3 is 14.8 Å². The Balaban J connectivity index is 1.92. The third kappa shape index (κ3) is 6.56. The van der Waals surface area contributed by atoms with Crippen LogP contribution >= 0.6 is 11.6 Å². The number of carbonyl (C=O) groups excluding carboxylic acids is 1. The summed E-state index contributed by atoms with van der Waals surface area (Å²) in [5, 5.41) is 3.32. The van der Waals surface area contributed by atoms with Crippen molar-refractivity contribution in [2.75, 3.05) is 25.1 Å². The molecular weight excluding hydrogens is 512 g/mol. The van der Waals surface area contributed by atoms with Crippen LogP contribution in [0.25, 0.3) is 0 Å². The van der Waals surface area contributed by atoms with E-state index in [1.54, 1.807) is 37.4 Å². The average molecular weight is 545 g/mol. The standard InChI is InChI=1S/C28H33ClN2O5S/c1-18(2)25-16-26(19(3)14-27(25)36-6)20(4)30-28(32)17-31(22-9-7-8-21(29)15-22)37(33,34)24-12-10-23(35-5)11-13-24/h7-16,18,20H,17H2,1-6H3,(H,30,32). The molecule has 1 amide bonds. The Hall–Kier alpha value is -3.23. The molecular formula is C28H33ClN2O5S. The second-order valence-electron chi connectivity index (χ2n) is 9.06. The van der Waals surface area contributed by atoms with Crippen LogP contribution in [0.2, 0.25) is 5.02 Å². The molecule has 0 bridgehead atoms. The average Bonchev–Trinajstić information content (AvgIpc) is 2.86. The van der Waals surface area contributed by atoms with E-state index in [2.05, 4.69) is 19.2 Å². The first-order valence-electron chi connectivity index (χ1n) is 11.9. The molecule has 0 aliphatic carbocycles. The van der Waals surface area contributed by atoms with Crippen LogP contribution < -0.4 is 19.1 Å². The number of aryl methyl sites for hydroxylation is 1.